The van der Waals surface area contributed by atoms with E-state index in [1.54, 1.807) is 19.1 Å². The molecule has 0 spiro atoms. The molecule has 8 nitrogen and oxygen atoms in total. The van der Waals surface area contributed by atoms with E-state index >= 15 is 0 Å². The van der Waals surface area contributed by atoms with Crippen LogP contribution in [-0.4, -0.2) is 68.5 Å². The monoisotopic (exact) mass is 479 g/mol. The quantitative estimate of drug-likeness (QED) is 0.613. The predicted molar refractivity (Wildman–Crippen MR) is 123 cm³/mol. The third-order valence-corrected chi connectivity index (χ3v) is 7.56. The largest absolute Gasteiger partial charge is 0.465 e. The molecule has 0 aliphatic carbocycles. The highest BCUT2D eigenvalue weighted by atomic mass is 35.5. The Bertz CT molecular complexity index is 1080. The lowest BCUT2D eigenvalue weighted by molar-refractivity contribution is 0.0600. The summed E-state index contributed by atoms with van der Waals surface area (Å²) >= 11 is 6.14. The van der Waals surface area contributed by atoms with Crippen LogP contribution in [0.5, 0.6) is 0 Å². The summed E-state index contributed by atoms with van der Waals surface area (Å²) in [5, 5.41) is 3.03. The summed E-state index contributed by atoms with van der Waals surface area (Å²) in [7, 11) is -1.86. The number of halogens is 1. The summed E-state index contributed by atoms with van der Waals surface area (Å²) in [6.07, 6.45) is 0. The van der Waals surface area contributed by atoms with Gasteiger partial charge in [-0.2, -0.15) is 4.31 Å². The number of methoxy groups -OCH3 is 1. The minimum atomic E-state index is -3.14. The van der Waals surface area contributed by atoms with Gasteiger partial charge in [-0.3, -0.25) is 9.69 Å². The van der Waals surface area contributed by atoms with E-state index in [1.807, 2.05) is 12.1 Å². The number of nitrogens with zero attached hydrogens (tertiary/aromatic N) is 2. The van der Waals surface area contributed by atoms with Crippen LogP contribution < -0.4 is 5.32 Å². The molecule has 1 aliphatic heterocycles. The fourth-order valence-corrected chi connectivity index (χ4v) is 4.68. The molecule has 172 valence electrons. The van der Waals surface area contributed by atoms with Gasteiger partial charge in [0, 0.05) is 38.3 Å². The van der Waals surface area contributed by atoms with Crippen LogP contribution in [0.15, 0.2) is 42.5 Å². The highest BCUT2D eigenvalue weighted by Crippen LogP contribution is 2.24. The summed E-state index contributed by atoms with van der Waals surface area (Å²) < 4.78 is 30.2. The van der Waals surface area contributed by atoms with Crippen LogP contribution in [0.25, 0.3) is 0 Å². The molecule has 1 saturated heterocycles. The molecule has 0 unspecified atom stereocenters. The molecule has 32 heavy (non-hydrogen) atoms. The number of benzene rings is 2. The van der Waals surface area contributed by atoms with Crippen molar-refractivity contribution >= 4 is 39.2 Å². The van der Waals surface area contributed by atoms with Crippen LogP contribution in [0.1, 0.15) is 33.2 Å². The number of anilines is 1. The molecule has 1 N–H and O–H groups in total. The number of hydrogen-bond acceptors (Lipinski definition) is 6. The number of nitrogens with one attached hydrogen (secondary N) is 1. The summed E-state index contributed by atoms with van der Waals surface area (Å²) in [6.45, 7) is 4.63. The van der Waals surface area contributed by atoms with Gasteiger partial charge in [-0.15, -0.1) is 0 Å². The highest BCUT2D eigenvalue weighted by Gasteiger charge is 2.25. The average molecular weight is 480 g/mol. The van der Waals surface area contributed by atoms with Crippen LogP contribution in [0.3, 0.4) is 0 Å². The number of rotatable bonds is 7. The van der Waals surface area contributed by atoms with Crippen molar-refractivity contribution in [3.05, 3.63) is 64.2 Å². The Hall–Kier alpha value is -2.46. The van der Waals surface area contributed by atoms with Crippen molar-refractivity contribution in [1.82, 2.24) is 9.21 Å². The summed E-state index contributed by atoms with van der Waals surface area (Å²) in [5.41, 5.74) is 2.09. The Kier molecular flexibility index (Phi) is 7.89. The lowest BCUT2D eigenvalue weighted by Gasteiger charge is -2.33. The fraction of sp³-hybridized carbons (Fsp3) is 0.364. The smallest absolute Gasteiger partial charge is 0.337 e. The van der Waals surface area contributed by atoms with Crippen LogP contribution in [0.2, 0.25) is 5.02 Å². The minimum Gasteiger partial charge on any atom is -0.465 e. The molecule has 3 rings (SSSR count). The Morgan fingerprint density at radius 2 is 1.66 bits per heavy atom. The first-order valence-corrected chi connectivity index (χ1v) is 12.2. The van der Waals surface area contributed by atoms with Crippen molar-refractivity contribution in [3.63, 3.8) is 0 Å². The van der Waals surface area contributed by atoms with Crippen molar-refractivity contribution in [2.24, 2.45) is 0 Å². The second kappa shape index (κ2) is 10.4. The zero-order valence-electron chi connectivity index (χ0n) is 18.0. The van der Waals surface area contributed by atoms with Gasteiger partial charge in [0.15, 0.2) is 0 Å². The van der Waals surface area contributed by atoms with Crippen LogP contribution in [-0.2, 0) is 21.3 Å². The number of esters is 1. The zero-order chi connectivity index (χ0) is 23.3. The van der Waals surface area contributed by atoms with E-state index in [2.05, 4.69) is 10.2 Å². The molecule has 2 aromatic rings. The highest BCUT2D eigenvalue weighted by molar-refractivity contribution is 7.89. The predicted octanol–water partition coefficient (Wildman–Crippen LogP) is 2.85. The van der Waals surface area contributed by atoms with Crippen molar-refractivity contribution in [2.45, 2.75) is 13.5 Å². The molecule has 1 heterocycles. The number of ether oxygens (including phenoxy) is 1. The van der Waals surface area contributed by atoms with Gasteiger partial charge in [-0.1, -0.05) is 23.7 Å². The number of carbonyl (C=O) groups is 2. The maximum absolute atomic E-state index is 12.6. The topological polar surface area (TPSA) is 96.0 Å². The third kappa shape index (κ3) is 5.86. The van der Waals surface area contributed by atoms with Crippen LogP contribution in [0, 0.1) is 0 Å². The Morgan fingerprint density at radius 3 is 2.25 bits per heavy atom. The molecule has 1 aliphatic rings. The molecule has 2 aromatic carbocycles. The summed E-state index contributed by atoms with van der Waals surface area (Å²) in [4.78, 5) is 26.5. The first-order chi connectivity index (χ1) is 15.2. The SMILES string of the molecule is CCS(=O)(=O)N1CCN(Cc2ccc(C(=O)Nc3cc(C(=O)OC)ccc3Cl)cc2)CC1. The number of piperazine rings is 1. The van der Waals surface area contributed by atoms with E-state index < -0.39 is 16.0 Å². The van der Waals surface area contributed by atoms with Gasteiger partial charge in [-0.05, 0) is 42.8 Å². The molecule has 0 atom stereocenters. The van der Waals surface area contributed by atoms with Gasteiger partial charge in [0.2, 0.25) is 10.0 Å². The number of sulfonamides is 1. The molecule has 1 fully saturated rings. The summed E-state index contributed by atoms with van der Waals surface area (Å²) in [5.74, 6) is -0.747. The maximum atomic E-state index is 12.6. The molecule has 10 heteroatoms. The van der Waals surface area contributed by atoms with E-state index in [-0.39, 0.29) is 17.2 Å². The molecular formula is C22H26ClN3O5S. The van der Waals surface area contributed by atoms with Crippen molar-refractivity contribution in [2.75, 3.05) is 44.4 Å². The molecule has 0 radical (unpaired) electrons. The third-order valence-electron chi connectivity index (χ3n) is 5.35. The van der Waals surface area contributed by atoms with Gasteiger partial charge in [0.05, 0.1) is 29.1 Å². The second-order valence-corrected chi connectivity index (χ2v) is 10.1. The van der Waals surface area contributed by atoms with Gasteiger partial charge in [0.1, 0.15) is 0 Å². The zero-order valence-corrected chi connectivity index (χ0v) is 19.6. The Labute approximate surface area is 193 Å². The lowest BCUT2D eigenvalue weighted by Crippen LogP contribution is -2.48. The van der Waals surface area contributed by atoms with Gasteiger partial charge < -0.3 is 10.1 Å². The molecule has 0 bridgehead atoms. The number of hydrogen-bond donors (Lipinski definition) is 1. The Morgan fingerprint density at radius 1 is 1.03 bits per heavy atom. The standard InChI is InChI=1S/C22H26ClN3O5S/c1-3-32(29,30)26-12-10-25(11-13-26)15-16-4-6-17(7-5-16)21(27)24-20-14-18(22(28)31-2)8-9-19(20)23/h4-9,14H,3,10-13,15H2,1-2H3,(H,24,27). The van der Waals surface area contributed by atoms with E-state index in [0.717, 1.165) is 5.56 Å². The van der Waals surface area contributed by atoms with E-state index in [9.17, 15) is 18.0 Å². The van der Waals surface area contributed by atoms with Crippen molar-refractivity contribution in [3.8, 4) is 0 Å². The fourth-order valence-electron chi connectivity index (χ4n) is 3.43. The van der Waals surface area contributed by atoms with Gasteiger partial charge in [-0.25, -0.2) is 13.2 Å². The van der Waals surface area contributed by atoms with E-state index in [4.69, 9.17) is 16.3 Å². The van der Waals surface area contributed by atoms with Crippen molar-refractivity contribution in [1.29, 1.82) is 0 Å². The maximum Gasteiger partial charge on any atom is 0.337 e. The van der Waals surface area contributed by atoms with Gasteiger partial charge in [0.25, 0.3) is 5.91 Å². The van der Waals surface area contributed by atoms with Crippen molar-refractivity contribution < 1.29 is 22.7 Å². The van der Waals surface area contributed by atoms with Crippen LogP contribution >= 0.6 is 11.6 Å². The normalized spacial score (nSPS) is 15.3. The first-order valence-electron chi connectivity index (χ1n) is 10.2. The lowest BCUT2D eigenvalue weighted by atomic mass is 10.1. The molecular weight excluding hydrogens is 454 g/mol. The van der Waals surface area contributed by atoms with Crippen LogP contribution in [0.4, 0.5) is 5.69 Å². The second-order valence-electron chi connectivity index (χ2n) is 7.41. The number of carbonyl (C=O) groups excluding carboxylic acids is 2. The Balaban J connectivity index is 1.59. The molecule has 1 amide bonds. The molecule has 0 aromatic heterocycles. The summed E-state index contributed by atoms with van der Waals surface area (Å²) in [6, 6.07) is 11.7. The first kappa shape index (κ1) is 24.2. The molecule has 0 saturated carbocycles. The minimum absolute atomic E-state index is 0.120. The number of amides is 1. The van der Waals surface area contributed by atoms with E-state index in [1.165, 1.54) is 29.6 Å². The van der Waals surface area contributed by atoms with E-state index in [0.29, 0.717) is 49.0 Å². The van der Waals surface area contributed by atoms with Gasteiger partial charge >= 0.3 is 5.97 Å². The average Bonchev–Trinajstić information content (AvgIpc) is 2.80.